The van der Waals surface area contributed by atoms with Gasteiger partial charge in [0.2, 0.25) is 0 Å². The predicted octanol–water partition coefficient (Wildman–Crippen LogP) is 3.79. The highest BCUT2D eigenvalue weighted by atomic mass is 35.5. The van der Waals surface area contributed by atoms with E-state index in [9.17, 15) is 4.79 Å². The molecule has 146 valence electrons. The van der Waals surface area contributed by atoms with Gasteiger partial charge in [-0.1, -0.05) is 11.6 Å². The Morgan fingerprint density at radius 3 is 2.30 bits per heavy atom. The average Bonchev–Trinajstić information content (AvgIpc) is 2.65. The lowest BCUT2D eigenvalue weighted by atomic mass is 10.1. The molecule has 0 aliphatic heterocycles. The van der Waals surface area contributed by atoms with E-state index in [4.69, 9.17) is 21.1 Å². The topological polar surface area (TPSA) is 64.2 Å². The van der Waals surface area contributed by atoms with Crippen LogP contribution in [0.4, 0.5) is 5.69 Å². The summed E-state index contributed by atoms with van der Waals surface area (Å²) >= 11 is 5.88. The molecule has 0 aliphatic carbocycles. The molecule has 27 heavy (non-hydrogen) atoms. The summed E-state index contributed by atoms with van der Waals surface area (Å²) in [5.74, 6) is 1.42. The average molecular weight is 392 g/mol. The van der Waals surface area contributed by atoms with Gasteiger partial charge in [0.25, 0.3) is 5.91 Å². The number of hydrogen-bond acceptors (Lipinski definition) is 3. The van der Waals surface area contributed by atoms with E-state index in [1.54, 1.807) is 24.3 Å². The van der Waals surface area contributed by atoms with Crippen molar-refractivity contribution < 1.29 is 19.6 Å². The number of carbonyl (C=O) groups excluding carboxylic acids is 1. The van der Waals surface area contributed by atoms with E-state index in [2.05, 4.69) is 12.2 Å². The van der Waals surface area contributed by atoms with E-state index < -0.39 is 0 Å². The zero-order chi connectivity index (χ0) is 19.8. The van der Waals surface area contributed by atoms with Crippen LogP contribution in [0.2, 0.25) is 5.02 Å². The van der Waals surface area contributed by atoms with Crippen LogP contribution in [0, 0.1) is 0 Å². The molecule has 2 aromatic rings. The molecule has 0 fully saturated rings. The van der Waals surface area contributed by atoms with Gasteiger partial charge < -0.3 is 20.1 Å². The number of halogens is 1. The molecule has 0 unspecified atom stereocenters. The van der Waals surface area contributed by atoms with Gasteiger partial charge in [-0.15, -0.1) is 0 Å². The van der Waals surface area contributed by atoms with Crippen molar-refractivity contribution in [1.29, 1.82) is 0 Å². The monoisotopic (exact) mass is 391 g/mol. The van der Waals surface area contributed by atoms with Crippen molar-refractivity contribution >= 4 is 23.2 Å². The van der Waals surface area contributed by atoms with E-state index >= 15 is 0 Å². The first-order valence-corrected chi connectivity index (χ1v) is 9.63. The number of rotatable bonds is 9. The maximum absolute atomic E-state index is 12.5. The third-order valence-corrected chi connectivity index (χ3v) is 4.45. The van der Waals surface area contributed by atoms with Gasteiger partial charge in [0, 0.05) is 16.3 Å². The maximum Gasteiger partial charge on any atom is 0.282 e. The van der Waals surface area contributed by atoms with Crippen molar-refractivity contribution in [2.75, 3.05) is 18.5 Å². The summed E-state index contributed by atoms with van der Waals surface area (Å²) in [7, 11) is 0. The SMILES string of the molecule is CCOc1ccc([C@@H](C)[NH2+][C@@H](C)C(=O)Nc2ccc(Cl)cc2)cc1OCC. The lowest BCUT2D eigenvalue weighted by molar-refractivity contribution is -0.709. The molecule has 2 rings (SSSR count). The molecule has 0 saturated carbocycles. The molecule has 0 aliphatic rings. The lowest BCUT2D eigenvalue weighted by Crippen LogP contribution is -2.91. The van der Waals surface area contributed by atoms with Gasteiger partial charge in [0.1, 0.15) is 6.04 Å². The molecule has 0 radical (unpaired) electrons. The summed E-state index contributed by atoms with van der Waals surface area (Å²) in [6.07, 6.45) is 0. The van der Waals surface area contributed by atoms with Crippen molar-refractivity contribution in [3.8, 4) is 11.5 Å². The first-order valence-electron chi connectivity index (χ1n) is 9.25. The van der Waals surface area contributed by atoms with Gasteiger partial charge in [0.05, 0.1) is 13.2 Å². The van der Waals surface area contributed by atoms with Crippen molar-refractivity contribution in [3.63, 3.8) is 0 Å². The number of nitrogens with two attached hydrogens (primary N) is 1. The second-order valence-corrected chi connectivity index (χ2v) is 6.77. The normalized spacial score (nSPS) is 12.9. The van der Waals surface area contributed by atoms with Crippen LogP contribution >= 0.6 is 11.6 Å². The maximum atomic E-state index is 12.5. The van der Waals surface area contributed by atoms with Crippen molar-refractivity contribution in [2.24, 2.45) is 0 Å². The molecule has 2 atom stereocenters. The number of quaternary nitrogens is 1. The van der Waals surface area contributed by atoms with Gasteiger partial charge in [0.15, 0.2) is 17.5 Å². The number of nitrogens with one attached hydrogen (secondary N) is 1. The van der Waals surface area contributed by atoms with Crippen molar-refractivity contribution in [3.05, 3.63) is 53.1 Å². The second-order valence-electron chi connectivity index (χ2n) is 6.34. The molecule has 0 aromatic heterocycles. The number of benzene rings is 2. The van der Waals surface area contributed by atoms with Crippen molar-refractivity contribution in [1.82, 2.24) is 0 Å². The van der Waals surface area contributed by atoms with Crippen LogP contribution in [0.1, 0.15) is 39.3 Å². The Labute approximate surface area is 166 Å². The molecule has 1 amide bonds. The summed E-state index contributed by atoms with van der Waals surface area (Å²) in [5, 5.41) is 5.57. The molecule has 0 saturated heterocycles. The smallest absolute Gasteiger partial charge is 0.282 e. The molecule has 5 nitrogen and oxygen atoms in total. The third kappa shape index (κ3) is 6.15. The number of carbonyl (C=O) groups is 1. The zero-order valence-electron chi connectivity index (χ0n) is 16.3. The van der Waals surface area contributed by atoms with E-state index in [-0.39, 0.29) is 18.0 Å². The summed E-state index contributed by atoms with van der Waals surface area (Å²) in [5.41, 5.74) is 1.81. The molecule has 6 heteroatoms. The quantitative estimate of drug-likeness (QED) is 0.683. The minimum absolute atomic E-state index is 0.0554. The van der Waals surface area contributed by atoms with Crippen molar-refractivity contribution in [2.45, 2.75) is 39.8 Å². The van der Waals surface area contributed by atoms with Gasteiger partial charge >= 0.3 is 0 Å². The highest BCUT2D eigenvalue weighted by molar-refractivity contribution is 6.30. The largest absolute Gasteiger partial charge is 0.490 e. The first-order chi connectivity index (χ1) is 12.9. The molecule has 0 heterocycles. The molecular weight excluding hydrogens is 364 g/mol. The van der Waals surface area contributed by atoms with Crippen LogP contribution in [-0.4, -0.2) is 25.2 Å². The first kappa shape index (κ1) is 21.1. The van der Waals surface area contributed by atoms with E-state index in [0.29, 0.717) is 18.2 Å². The Morgan fingerprint density at radius 1 is 1.04 bits per heavy atom. The summed E-state index contributed by atoms with van der Waals surface area (Å²) in [4.78, 5) is 12.5. The fraction of sp³-hybridized carbons (Fsp3) is 0.381. The van der Waals surface area contributed by atoms with E-state index in [0.717, 1.165) is 22.7 Å². The van der Waals surface area contributed by atoms with Crippen LogP contribution < -0.4 is 20.1 Å². The minimum atomic E-state index is -0.252. The Bertz CT molecular complexity index is 750. The number of anilines is 1. The summed E-state index contributed by atoms with van der Waals surface area (Å²) in [6, 6.07) is 12.8. The number of ether oxygens (including phenoxy) is 2. The fourth-order valence-corrected chi connectivity index (χ4v) is 2.90. The standard InChI is InChI=1S/C21H27ClN2O3/c1-5-26-19-12-7-16(13-20(19)27-6-2)14(3)23-15(4)21(25)24-18-10-8-17(22)9-11-18/h7-15,23H,5-6H2,1-4H3,(H,24,25)/p+1/t14-,15+/m1/s1. The molecule has 0 spiro atoms. The minimum Gasteiger partial charge on any atom is -0.490 e. The summed E-state index contributed by atoms with van der Waals surface area (Å²) in [6.45, 7) is 9.00. The summed E-state index contributed by atoms with van der Waals surface area (Å²) < 4.78 is 11.3. The Hall–Kier alpha value is -2.24. The van der Waals surface area contributed by atoms with Gasteiger partial charge in [-0.25, -0.2) is 0 Å². The molecule has 0 bridgehead atoms. The lowest BCUT2D eigenvalue weighted by Gasteiger charge is -2.18. The van der Waals surface area contributed by atoms with Crippen LogP contribution in [0.5, 0.6) is 11.5 Å². The molecular formula is C21H28ClN2O3+. The number of hydrogen-bond donors (Lipinski definition) is 2. The Morgan fingerprint density at radius 2 is 1.67 bits per heavy atom. The van der Waals surface area contributed by atoms with Crippen LogP contribution in [0.3, 0.4) is 0 Å². The molecule has 3 N–H and O–H groups in total. The van der Waals surface area contributed by atoms with E-state index in [1.807, 2.05) is 44.3 Å². The fourth-order valence-electron chi connectivity index (χ4n) is 2.77. The predicted molar refractivity (Wildman–Crippen MR) is 109 cm³/mol. The highest BCUT2D eigenvalue weighted by Gasteiger charge is 2.21. The van der Waals surface area contributed by atoms with Gasteiger partial charge in [-0.3, -0.25) is 4.79 Å². The number of amides is 1. The van der Waals surface area contributed by atoms with Crippen LogP contribution in [-0.2, 0) is 4.79 Å². The van der Waals surface area contributed by atoms with E-state index in [1.165, 1.54) is 0 Å². The molecule has 2 aromatic carbocycles. The highest BCUT2D eigenvalue weighted by Crippen LogP contribution is 2.30. The van der Waals surface area contributed by atoms with Gasteiger partial charge in [-0.05, 0) is 70.2 Å². The van der Waals surface area contributed by atoms with Crippen LogP contribution in [0.15, 0.2) is 42.5 Å². The zero-order valence-corrected chi connectivity index (χ0v) is 17.0. The Balaban J connectivity index is 2.02. The third-order valence-electron chi connectivity index (χ3n) is 4.20. The van der Waals surface area contributed by atoms with Gasteiger partial charge in [-0.2, -0.15) is 0 Å². The Kier molecular flexibility index (Phi) is 7.95. The second kappa shape index (κ2) is 10.2. The van der Waals surface area contributed by atoms with Crippen LogP contribution in [0.25, 0.3) is 0 Å².